The van der Waals surface area contributed by atoms with Gasteiger partial charge in [-0.1, -0.05) is 35.9 Å². The smallest absolute Gasteiger partial charge is 0.253 e. The Balaban J connectivity index is 1.51. The molecular weight excluding hydrogens is 416 g/mol. The zero-order valence-corrected chi connectivity index (χ0v) is 17.6. The first-order valence-electron chi connectivity index (χ1n) is 9.73. The van der Waals surface area contributed by atoms with Gasteiger partial charge in [0.15, 0.2) is 5.82 Å². The predicted molar refractivity (Wildman–Crippen MR) is 120 cm³/mol. The summed E-state index contributed by atoms with van der Waals surface area (Å²) in [5.41, 5.74) is 2.83. The van der Waals surface area contributed by atoms with Crippen LogP contribution in [-0.2, 0) is 17.9 Å². The number of hydrogen-bond donors (Lipinski definition) is 2. The van der Waals surface area contributed by atoms with Gasteiger partial charge in [0, 0.05) is 17.8 Å². The molecule has 2 aromatic carbocycles. The highest BCUT2D eigenvalue weighted by Crippen LogP contribution is 2.30. The Labute approximate surface area is 185 Å². The number of aromatic nitrogens is 1. The molecule has 8 heteroatoms. The van der Waals surface area contributed by atoms with E-state index < -0.39 is 0 Å². The normalized spacial score (nSPS) is 12.7. The molecule has 158 valence electrons. The molecule has 3 aromatic rings. The standard InChI is InChI=1S/C23H21ClN4O3/c1-31-19-8-4-15(5-9-19)11-27-23(30)17-10-20-22(25-12-17)26-13-21(29)28(20)14-16-2-6-18(24)7-3-16/h2-10,12H,11,13-14H2,1H3,(H,25,26)(H,27,30). The number of ether oxygens (including phenoxy) is 1. The minimum absolute atomic E-state index is 0.0972. The molecule has 1 aromatic heterocycles. The molecule has 0 saturated carbocycles. The quantitative estimate of drug-likeness (QED) is 0.616. The van der Waals surface area contributed by atoms with Crippen molar-refractivity contribution >= 4 is 34.9 Å². The number of halogens is 1. The molecule has 0 fully saturated rings. The number of pyridine rings is 1. The van der Waals surface area contributed by atoms with Gasteiger partial charge in [0.2, 0.25) is 5.91 Å². The lowest BCUT2D eigenvalue weighted by Gasteiger charge is -2.29. The van der Waals surface area contributed by atoms with E-state index in [1.54, 1.807) is 30.2 Å². The maximum Gasteiger partial charge on any atom is 0.253 e. The molecule has 0 bridgehead atoms. The van der Waals surface area contributed by atoms with Crippen molar-refractivity contribution in [2.24, 2.45) is 0 Å². The van der Waals surface area contributed by atoms with Crippen LogP contribution in [0.3, 0.4) is 0 Å². The fourth-order valence-electron chi connectivity index (χ4n) is 3.28. The van der Waals surface area contributed by atoms with Gasteiger partial charge in [0.1, 0.15) is 5.75 Å². The number of hydrogen-bond acceptors (Lipinski definition) is 5. The topological polar surface area (TPSA) is 83.6 Å². The average Bonchev–Trinajstić information content (AvgIpc) is 2.80. The number of carbonyl (C=O) groups is 2. The molecule has 0 radical (unpaired) electrons. The lowest BCUT2D eigenvalue weighted by molar-refractivity contribution is -0.117. The Kier molecular flexibility index (Phi) is 6.04. The minimum Gasteiger partial charge on any atom is -0.497 e. The van der Waals surface area contributed by atoms with E-state index in [0.717, 1.165) is 16.9 Å². The summed E-state index contributed by atoms with van der Waals surface area (Å²) < 4.78 is 5.14. The summed E-state index contributed by atoms with van der Waals surface area (Å²) in [6.45, 7) is 0.880. The van der Waals surface area contributed by atoms with Gasteiger partial charge in [-0.15, -0.1) is 0 Å². The van der Waals surface area contributed by atoms with Gasteiger partial charge in [-0.2, -0.15) is 0 Å². The summed E-state index contributed by atoms with van der Waals surface area (Å²) in [6.07, 6.45) is 1.51. The SMILES string of the molecule is COc1ccc(CNC(=O)c2cnc3c(c2)N(Cc2ccc(Cl)cc2)C(=O)CN3)cc1. The molecule has 4 rings (SSSR count). The average molecular weight is 437 g/mol. The second-order valence-corrected chi connectivity index (χ2v) is 7.52. The Hall–Kier alpha value is -3.58. The van der Waals surface area contributed by atoms with Gasteiger partial charge in [0.25, 0.3) is 5.91 Å². The third-order valence-corrected chi connectivity index (χ3v) is 5.25. The van der Waals surface area contributed by atoms with Crippen molar-refractivity contribution in [3.8, 4) is 5.75 Å². The number of carbonyl (C=O) groups excluding carboxylic acids is 2. The van der Waals surface area contributed by atoms with Crippen LogP contribution < -0.4 is 20.3 Å². The van der Waals surface area contributed by atoms with Crippen molar-refractivity contribution in [3.05, 3.63) is 82.5 Å². The summed E-state index contributed by atoms with van der Waals surface area (Å²) in [5, 5.41) is 6.52. The van der Waals surface area contributed by atoms with Crippen LogP contribution >= 0.6 is 11.6 Å². The van der Waals surface area contributed by atoms with Crippen LogP contribution in [0.5, 0.6) is 5.75 Å². The van der Waals surface area contributed by atoms with Crippen LogP contribution in [0.1, 0.15) is 21.5 Å². The van der Waals surface area contributed by atoms with E-state index in [4.69, 9.17) is 16.3 Å². The van der Waals surface area contributed by atoms with Crippen molar-refractivity contribution in [1.29, 1.82) is 0 Å². The highest BCUT2D eigenvalue weighted by Gasteiger charge is 2.26. The fourth-order valence-corrected chi connectivity index (χ4v) is 3.41. The van der Waals surface area contributed by atoms with Gasteiger partial charge in [-0.3, -0.25) is 9.59 Å². The van der Waals surface area contributed by atoms with E-state index in [9.17, 15) is 9.59 Å². The molecule has 1 aliphatic rings. The van der Waals surface area contributed by atoms with Gasteiger partial charge in [0.05, 0.1) is 31.5 Å². The predicted octanol–water partition coefficient (Wildman–Crippen LogP) is 3.63. The first kappa shape index (κ1) is 20.7. The van der Waals surface area contributed by atoms with Gasteiger partial charge in [-0.25, -0.2) is 4.98 Å². The molecule has 0 unspecified atom stereocenters. The van der Waals surface area contributed by atoms with Gasteiger partial charge < -0.3 is 20.3 Å². The molecule has 0 aliphatic carbocycles. The van der Waals surface area contributed by atoms with Crippen LogP contribution in [0.25, 0.3) is 0 Å². The Morgan fingerprint density at radius 2 is 1.87 bits per heavy atom. The molecule has 2 N–H and O–H groups in total. The van der Waals surface area contributed by atoms with Crippen LogP contribution in [-0.4, -0.2) is 30.5 Å². The maximum absolute atomic E-state index is 12.7. The van der Waals surface area contributed by atoms with Gasteiger partial charge in [-0.05, 0) is 41.5 Å². The Bertz CT molecular complexity index is 1100. The maximum atomic E-state index is 12.7. The number of methoxy groups -OCH3 is 1. The molecule has 1 aliphatic heterocycles. The van der Waals surface area contributed by atoms with Crippen LogP contribution in [0.2, 0.25) is 5.02 Å². The second-order valence-electron chi connectivity index (χ2n) is 7.08. The number of fused-ring (bicyclic) bond motifs is 1. The first-order chi connectivity index (χ1) is 15.0. The third kappa shape index (κ3) is 4.78. The van der Waals surface area contributed by atoms with Crippen molar-refractivity contribution < 1.29 is 14.3 Å². The molecular formula is C23H21ClN4O3. The summed E-state index contributed by atoms with van der Waals surface area (Å²) in [6, 6.07) is 16.5. The largest absolute Gasteiger partial charge is 0.497 e. The molecule has 7 nitrogen and oxygen atoms in total. The Morgan fingerprint density at radius 1 is 1.16 bits per heavy atom. The van der Waals surface area contributed by atoms with E-state index in [-0.39, 0.29) is 18.4 Å². The third-order valence-electron chi connectivity index (χ3n) is 4.99. The van der Waals surface area contributed by atoms with Crippen LogP contribution in [0, 0.1) is 0 Å². The zero-order chi connectivity index (χ0) is 21.8. The molecule has 2 heterocycles. The van der Waals surface area contributed by atoms with Crippen molar-refractivity contribution in [2.45, 2.75) is 13.1 Å². The van der Waals surface area contributed by atoms with E-state index >= 15 is 0 Å². The van der Waals surface area contributed by atoms with Crippen LogP contribution in [0.15, 0.2) is 60.8 Å². The van der Waals surface area contributed by atoms with Crippen molar-refractivity contribution in [3.63, 3.8) is 0 Å². The fraction of sp³-hybridized carbons (Fsp3) is 0.174. The lowest BCUT2D eigenvalue weighted by atomic mass is 10.1. The summed E-state index contributed by atoms with van der Waals surface area (Å²) in [7, 11) is 1.61. The number of rotatable bonds is 6. The highest BCUT2D eigenvalue weighted by atomic mass is 35.5. The first-order valence-corrected chi connectivity index (χ1v) is 10.1. The van der Waals surface area contributed by atoms with E-state index in [0.29, 0.717) is 35.2 Å². The van der Waals surface area contributed by atoms with E-state index in [1.807, 2.05) is 36.4 Å². The van der Waals surface area contributed by atoms with E-state index in [1.165, 1.54) is 6.20 Å². The number of amides is 2. The molecule has 0 saturated heterocycles. The zero-order valence-electron chi connectivity index (χ0n) is 16.9. The summed E-state index contributed by atoms with van der Waals surface area (Å²) >= 11 is 5.96. The second kappa shape index (κ2) is 9.06. The lowest BCUT2D eigenvalue weighted by Crippen LogP contribution is -2.40. The Morgan fingerprint density at radius 3 is 2.58 bits per heavy atom. The van der Waals surface area contributed by atoms with E-state index in [2.05, 4.69) is 15.6 Å². The van der Waals surface area contributed by atoms with Gasteiger partial charge >= 0.3 is 0 Å². The van der Waals surface area contributed by atoms with Crippen LogP contribution in [0.4, 0.5) is 11.5 Å². The summed E-state index contributed by atoms with van der Waals surface area (Å²) in [5.74, 6) is 0.961. The number of anilines is 2. The van der Waals surface area contributed by atoms with Crippen molar-refractivity contribution in [1.82, 2.24) is 10.3 Å². The van der Waals surface area contributed by atoms with Crippen molar-refractivity contribution in [2.75, 3.05) is 23.9 Å². The summed E-state index contributed by atoms with van der Waals surface area (Å²) in [4.78, 5) is 31.3. The minimum atomic E-state index is -0.268. The monoisotopic (exact) mass is 436 g/mol. The molecule has 2 amide bonds. The molecule has 0 atom stereocenters. The molecule has 0 spiro atoms. The number of nitrogens with one attached hydrogen (secondary N) is 2. The number of nitrogens with zero attached hydrogens (tertiary/aromatic N) is 2. The number of benzene rings is 2. The molecule has 31 heavy (non-hydrogen) atoms. The highest BCUT2D eigenvalue weighted by molar-refractivity contribution is 6.30.